The Labute approximate surface area is 228 Å². The number of carbonyl (C=O) groups excluding carboxylic acids is 4. The van der Waals surface area contributed by atoms with Crippen LogP contribution in [0.15, 0.2) is 54.6 Å². The van der Waals surface area contributed by atoms with Crippen molar-refractivity contribution >= 4 is 35.6 Å². The average molecular weight is 558 g/mol. The van der Waals surface area contributed by atoms with Crippen LogP contribution in [0.25, 0.3) is 0 Å². The predicted molar refractivity (Wildman–Crippen MR) is 139 cm³/mol. The van der Waals surface area contributed by atoms with Crippen LogP contribution >= 0.6 is 0 Å². The third-order valence-corrected chi connectivity index (χ3v) is 5.68. The lowest BCUT2D eigenvalue weighted by atomic mass is 10.0. The smallest absolute Gasteiger partial charge is 0.326 e. The summed E-state index contributed by atoms with van der Waals surface area (Å²) < 4.78 is 0. The Bertz CT molecular complexity index is 1220. The number of carboxylic acids is 2. The SMILES string of the molecule is NC(=O)CC(NC(=O)C(Cc1ccc(O)cc1)NC(=O)C(N)Cc1ccccc1)C(=O)NC(CC(=O)O)C(=O)O. The molecule has 4 atom stereocenters. The van der Waals surface area contributed by atoms with Crippen molar-refractivity contribution in [3.05, 3.63) is 65.7 Å². The summed E-state index contributed by atoms with van der Waals surface area (Å²) >= 11 is 0. The molecule has 4 unspecified atom stereocenters. The van der Waals surface area contributed by atoms with Crippen molar-refractivity contribution in [2.75, 3.05) is 0 Å². The van der Waals surface area contributed by atoms with E-state index in [1.54, 1.807) is 30.3 Å². The molecule has 2 aromatic rings. The number of aliphatic carboxylic acids is 2. The maximum atomic E-state index is 13.3. The first kappa shape index (κ1) is 31.2. The molecule has 40 heavy (non-hydrogen) atoms. The van der Waals surface area contributed by atoms with Gasteiger partial charge in [0.05, 0.1) is 18.9 Å². The molecule has 2 rings (SSSR count). The number of aromatic hydroxyl groups is 1. The summed E-state index contributed by atoms with van der Waals surface area (Å²) in [5.41, 5.74) is 12.5. The van der Waals surface area contributed by atoms with Gasteiger partial charge in [0.2, 0.25) is 23.6 Å². The normalized spacial score (nSPS) is 13.6. The summed E-state index contributed by atoms with van der Waals surface area (Å²) in [6, 6.07) is 8.73. The molecule has 14 heteroatoms. The van der Waals surface area contributed by atoms with Crippen LogP contribution in [0.1, 0.15) is 24.0 Å². The Morgan fingerprint density at radius 2 is 1.20 bits per heavy atom. The van der Waals surface area contributed by atoms with Gasteiger partial charge in [-0.3, -0.25) is 24.0 Å². The van der Waals surface area contributed by atoms with Crippen molar-refractivity contribution in [1.82, 2.24) is 16.0 Å². The van der Waals surface area contributed by atoms with Gasteiger partial charge in [-0.2, -0.15) is 0 Å². The number of rotatable bonds is 15. The Hall–Kier alpha value is -4.98. The van der Waals surface area contributed by atoms with Gasteiger partial charge >= 0.3 is 11.9 Å². The quantitative estimate of drug-likeness (QED) is 0.124. The number of nitrogens with one attached hydrogen (secondary N) is 3. The molecular formula is C26H31N5O9. The van der Waals surface area contributed by atoms with Crippen LogP contribution in [0.4, 0.5) is 0 Å². The summed E-state index contributed by atoms with van der Waals surface area (Å²) in [5.74, 6) is -7.00. The standard InChI is InChI=1S/C26H31N5O9/c27-17(10-14-4-2-1-3-5-14)23(36)29-18(11-15-6-8-16(32)9-7-15)24(37)30-19(12-21(28)33)25(38)31-20(26(39)40)13-22(34)35/h1-9,17-20,32H,10-13,27H2,(H2,28,33)(H,29,36)(H,30,37)(H,31,38)(H,34,35)(H,39,40). The van der Waals surface area contributed by atoms with Gasteiger partial charge in [-0.15, -0.1) is 0 Å². The molecule has 0 spiro atoms. The van der Waals surface area contributed by atoms with Crippen molar-refractivity contribution in [2.45, 2.75) is 49.9 Å². The molecule has 0 aliphatic heterocycles. The van der Waals surface area contributed by atoms with Gasteiger partial charge < -0.3 is 42.7 Å². The Morgan fingerprint density at radius 1 is 0.675 bits per heavy atom. The lowest BCUT2D eigenvalue weighted by molar-refractivity contribution is -0.147. The van der Waals surface area contributed by atoms with Gasteiger partial charge in [0.1, 0.15) is 23.9 Å². The number of primary amides is 1. The van der Waals surface area contributed by atoms with E-state index in [9.17, 15) is 39.0 Å². The zero-order valence-electron chi connectivity index (χ0n) is 21.3. The molecule has 0 heterocycles. The number of hydrogen-bond acceptors (Lipinski definition) is 8. The zero-order chi connectivity index (χ0) is 29.8. The van der Waals surface area contributed by atoms with Crippen LogP contribution in [0.3, 0.4) is 0 Å². The fourth-order valence-electron chi connectivity index (χ4n) is 3.65. The molecule has 0 fully saturated rings. The molecule has 0 saturated heterocycles. The number of carboxylic acid groups (broad SMARTS) is 2. The topological polar surface area (TPSA) is 251 Å². The number of hydrogen-bond donors (Lipinski definition) is 8. The lowest BCUT2D eigenvalue weighted by Crippen LogP contribution is -2.58. The van der Waals surface area contributed by atoms with Crippen LogP contribution < -0.4 is 27.4 Å². The van der Waals surface area contributed by atoms with Crippen LogP contribution in [-0.4, -0.2) is 75.1 Å². The zero-order valence-corrected chi connectivity index (χ0v) is 21.3. The summed E-state index contributed by atoms with van der Waals surface area (Å²) in [4.78, 5) is 72.8. The van der Waals surface area contributed by atoms with Gasteiger partial charge in [-0.1, -0.05) is 42.5 Å². The second-order valence-corrected chi connectivity index (χ2v) is 8.96. The summed E-state index contributed by atoms with van der Waals surface area (Å²) in [7, 11) is 0. The van der Waals surface area contributed by atoms with Crippen molar-refractivity contribution in [1.29, 1.82) is 0 Å². The van der Waals surface area contributed by atoms with Crippen LogP contribution in [0.5, 0.6) is 5.75 Å². The average Bonchev–Trinajstić information content (AvgIpc) is 2.88. The molecule has 2 aromatic carbocycles. The number of benzene rings is 2. The largest absolute Gasteiger partial charge is 0.508 e. The lowest BCUT2D eigenvalue weighted by Gasteiger charge is -2.25. The van der Waals surface area contributed by atoms with Gasteiger partial charge in [-0.05, 0) is 29.7 Å². The number of nitrogens with two attached hydrogens (primary N) is 2. The highest BCUT2D eigenvalue weighted by atomic mass is 16.4. The molecule has 14 nitrogen and oxygen atoms in total. The van der Waals surface area contributed by atoms with Gasteiger partial charge in [0, 0.05) is 6.42 Å². The first-order valence-corrected chi connectivity index (χ1v) is 12.1. The fourth-order valence-corrected chi connectivity index (χ4v) is 3.65. The van der Waals surface area contributed by atoms with Crippen LogP contribution in [-0.2, 0) is 41.6 Å². The minimum absolute atomic E-state index is 0.0359. The molecule has 0 radical (unpaired) electrons. The predicted octanol–water partition coefficient (Wildman–Crippen LogP) is -1.61. The maximum absolute atomic E-state index is 13.3. The van der Waals surface area contributed by atoms with Gasteiger partial charge in [0.25, 0.3) is 0 Å². The molecule has 10 N–H and O–H groups in total. The minimum atomic E-state index is -1.85. The second-order valence-electron chi connectivity index (χ2n) is 8.96. The third-order valence-electron chi connectivity index (χ3n) is 5.68. The van der Waals surface area contributed by atoms with E-state index in [1.165, 1.54) is 24.3 Å². The Kier molecular flexibility index (Phi) is 11.6. The molecule has 0 aromatic heterocycles. The maximum Gasteiger partial charge on any atom is 0.326 e. The van der Waals surface area contributed by atoms with E-state index in [4.69, 9.17) is 16.6 Å². The van der Waals surface area contributed by atoms with Gasteiger partial charge in [-0.25, -0.2) is 4.79 Å². The summed E-state index contributed by atoms with van der Waals surface area (Å²) in [6.07, 6.45) is -1.66. The third kappa shape index (κ3) is 10.4. The molecule has 0 aliphatic rings. The molecule has 0 saturated carbocycles. The van der Waals surface area contributed by atoms with E-state index in [0.717, 1.165) is 5.56 Å². The van der Waals surface area contributed by atoms with Crippen molar-refractivity contribution in [2.24, 2.45) is 11.5 Å². The highest BCUT2D eigenvalue weighted by Crippen LogP contribution is 2.12. The van der Waals surface area contributed by atoms with Gasteiger partial charge in [0.15, 0.2) is 0 Å². The first-order valence-electron chi connectivity index (χ1n) is 12.1. The number of carbonyl (C=O) groups is 6. The van der Waals surface area contributed by atoms with E-state index < -0.39 is 72.6 Å². The molecule has 0 bridgehead atoms. The van der Waals surface area contributed by atoms with Crippen LogP contribution in [0.2, 0.25) is 0 Å². The van der Waals surface area contributed by atoms with E-state index in [-0.39, 0.29) is 18.6 Å². The van der Waals surface area contributed by atoms with Crippen molar-refractivity contribution in [3.63, 3.8) is 0 Å². The Morgan fingerprint density at radius 3 is 1.75 bits per heavy atom. The monoisotopic (exact) mass is 557 g/mol. The second kappa shape index (κ2) is 14.8. The number of phenols is 1. The van der Waals surface area contributed by atoms with E-state index >= 15 is 0 Å². The van der Waals surface area contributed by atoms with Crippen molar-refractivity contribution < 1.29 is 44.1 Å². The van der Waals surface area contributed by atoms with Crippen LogP contribution in [0, 0.1) is 0 Å². The molecule has 0 aliphatic carbocycles. The summed E-state index contributed by atoms with van der Waals surface area (Å²) in [5, 5.41) is 34.4. The number of amides is 4. The van der Waals surface area contributed by atoms with E-state index in [0.29, 0.717) is 5.56 Å². The molecule has 214 valence electrons. The summed E-state index contributed by atoms with van der Waals surface area (Å²) in [6.45, 7) is 0. The van der Waals surface area contributed by atoms with E-state index in [1.807, 2.05) is 5.32 Å². The highest BCUT2D eigenvalue weighted by molar-refractivity contribution is 5.96. The van der Waals surface area contributed by atoms with Crippen molar-refractivity contribution in [3.8, 4) is 5.75 Å². The van der Waals surface area contributed by atoms with E-state index in [2.05, 4.69) is 10.6 Å². The first-order chi connectivity index (χ1) is 18.8. The minimum Gasteiger partial charge on any atom is -0.508 e. The number of phenolic OH excluding ortho intramolecular Hbond substituents is 1. The Balaban J connectivity index is 2.24. The molecular weight excluding hydrogens is 526 g/mol. The fraction of sp³-hybridized carbons (Fsp3) is 0.308. The highest BCUT2D eigenvalue weighted by Gasteiger charge is 2.32. The molecule has 4 amide bonds.